The smallest absolute Gasteiger partial charge is 0.311 e. The van der Waals surface area contributed by atoms with Crippen LogP contribution in [0.15, 0.2) is 18.2 Å². The fraction of sp³-hybridized carbons (Fsp3) is 0.500. The molecule has 1 fully saturated rings. The minimum Gasteiger partial charge on any atom is -0.502 e. The highest BCUT2D eigenvalue weighted by molar-refractivity contribution is 5.98. The Kier molecular flexibility index (Phi) is 3.92. The van der Waals surface area contributed by atoms with Gasteiger partial charge in [-0.15, -0.1) is 0 Å². The molecule has 1 saturated carbocycles. The molecule has 0 unspecified atom stereocenters. The van der Waals surface area contributed by atoms with E-state index in [0.29, 0.717) is 0 Å². The van der Waals surface area contributed by atoms with Gasteiger partial charge < -0.3 is 10.4 Å². The van der Waals surface area contributed by atoms with Gasteiger partial charge in [0.05, 0.1) is 10.5 Å². The lowest BCUT2D eigenvalue weighted by atomic mass is 9.83. The molecular weight excluding hydrogens is 260 g/mol. The number of nitrogens with one attached hydrogen (secondary N) is 1. The van der Waals surface area contributed by atoms with Crippen LogP contribution in [0.3, 0.4) is 0 Å². The van der Waals surface area contributed by atoms with Crippen LogP contribution in [0.1, 0.15) is 49.4 Å². The maximum Gasteiger partial charge on any atom is 0.311 e. The summed E-state index contributed by atoms with van der Waals surface area (Å²) in [6.07, 6.45) is 5.03. The number of hydrogen-bond donors (Lipinski definition) is 2. The number of rotatable bonds is 3. The van der Waals surface area contributed by atoms with Gasteiger partial charge in [-0.05, 0) is 25.8 Å². The highest BCUT2D eigenvalue weighted by Gasteiger charge is 2.30. The molecule has 2 rings (SSSR count). The van der Waals surface area contributed by atoms with Crippen molar-refractivity contribution in [3.8, 4) is 5.75 Å². The standard InChI is InChI=1S/C14H18N2O4/c1-14(8-3-2-4-9-14)15-13(18)10-6-5-7-11(12(10)17)16(19)20/h5-7,17H,2-4,8-9H2,1H3,(H,15,18). The Labute approximate surface area is 117 Å². The lowest BCUT2D eigenvalue weighted by Gasteiger charge is -2.34. The molecule has 1 aromatic carbocycles. The fourth-order valence-corrected chi connectivity index (χ4v) is 2.66. The Bertz CT molecular complexity index is 536. The predicted octanol–water partition coefficient (Wildman–Crippen LogP) is 2.75. The molecule has 0 saturated heterocycles. The number of benzene rings is 1. The molecule has 1 aromatic rings. The number of nitrogens with zero attached hydrogens (tertiary/aromatic N) is 1. The summed E-state index contributed by atoms with van der Waals surface area (Å²) in [5, 5.41) is 23.5. The van der Waals surface area contributed by atoms with E-state index in [1.165, 1.54) is 18.2 Å². The molecule has 1 aliphatic carbocycles. The zero-order valence-electron chi connectivity index (χ0n) is 11.4. The van der Waals surface area contributed by atoms with Crippen molar-refractivity contribution in [1.29, 1.82) is 0 Å². The third kappa shape index (κ3) is 2.89. The summed E-state index contributed by atoms with van der Waals surface area (Å²) >= 11 is 0. The van der Waals surface area contributed by atoms with E-state index in [1.54, 1.807) is 0 Å². The van der Waals surface area contributed by atoms with E-state index in [2.05, 4.69) is 5.32 Å². The van der Waals surface area contributed by atoms with E-state index in [4.69, 9.17) is 0 Å². The summed E-state index contributed by atoms with van der Waals surface area (Å²) in [6, 6.07) is 3.97. The average molecular weight is 278 g/mol. The van der Waals surface area contributed by atoms with Crippen molar-refractivity contribution in [2.75, 3.05) is 0 Å². The molecule has 1 aliphatic rings. The summed E-state index contributed by atoms with van der Waals surface area (Å²) < 4.78 is 0. The second-order valence-corrected chi connectivity index (χ2v) is 5.51. The van der Waals surface area contributed by atoms with Crippen molar-refractivity contribution < 1.29 is 14.8 Å². The zero-order chi connectivity index (χ0) is 14.8. The number of phenols is 1. The Morgan fingerprint density at radius 1 is 1.35 bits per heavy atom. The first kappa shape index (κ1) is 14.3. The Balaban J connectivity index is 2.21. The molecule has 0 radical (unpaired) electrons. The molecule has 2 N–H and O–H groups in total. The minimum absolute atomic E-state index is 0.0500. The van der Waals surface area contributed by atoms with Crippen LogP contribution in [0.4, 0.5) is 5.69 Å². The van der Waals surface area contributed by atoms with Gasteiger partial charge in [0.2, 0.25) is 5.75 Å². The number of amides is 1. The van der Waals surface area contributed by atoms with Crippen LogP contribution in [-0.4, -0.2) is 21.5 Å². The minimum atomic E-state index is -0.700. The topological polar surface area (TPSA) is 92.5 Å². The second-order valence-electron chi connectivity index (χ2n) is 5.51. The van der Waals surface area contributed by atoms with Crippen LogP contribution in [-0.2, 0) is 0 Å². The van der Waals surface area contributed by atoms with Crippen molar-refractivity contribution in [1.82, 2.24) is 5.32 Å². The Morgan fingerprint density at radius 2 is 2.00 bits per heavy atom. The summed E-state index contributed by atoms with van der Waals surface area (Å²) in [7, 11) is 0. The normalized spacial score (nSPS) is 17.4. The highest BCUT2D eigenvalue weighted by Crippen LogP contribution is 2.31. The van der Waals surface area contributed by atoms with Crippen LogP contribution in [0.2, 0.25) is 0 Å². The summed E-state index contributed by atoms with van der Waals surface area (Å²) in [4.78, 5) is 22.3. The van der Waals surface area contributed by atoms with Gasteiger partial charge in [-0.25, -0.2) is 0 Å². The number of phenolic OH excluding ortho intramolecular Hbond substituents is 1. The predicted molar refractivity (Wildman–Crippen MR) is 73.7 cm³/mol. The van der Waals surface area contributed by atoms with E-state index in [0.717, 1.165) is 32.1 Å². The van der Waals surface area contributed by atoms with E-state index in [-0.39, 0.29) is 11.1 Å². The average Bonchev–Trinajstić information content (AvgIpc) is 2.38. The zero-order valence-corrected chi connectivity index (χ0v) is 11.4. The van der Waals surface area contributed by atoms with Gasteiger partial charge in [0, 0.05) is 11.6 Å². The molecule has 6 nitrogen and oxygen atoms in total. The van der Waals surface area contributed by atoms with Gasteiger partial charge in [-0.3, -0.25) is 14.9 Å². The first-order chi connectivity index (χ1) is 9.43. The van der Waals surface area contributed by atoms with Crippen LogP contribution < -0.4 is 5.32 Å². The molecule has 20 heavy (non-hydrogen) atoms. The number of para-hydroxylation sites is 1. The number of nitro groups is 1. The maximum absolute atomic E-state index is 12.2. The number of carbonyl (C=O) groups is 1. The first-order valence-electron chi connectivity index (χ1n) is 6.72. The van der Waals surface area contributed by atoms with E-state index >= 15 is 0 Å². The summed E-state index contributed by atoms with van der Waals surface area (Å²) in [6.45, 7) is 1.97. The number of aromatic hydroxyl groups is 1. The van der Waals surface area contributed by atoms with Crippen molar-refractivity contribution in [3.05, 3.63) is 33.9 Å². The Morgan fingerprint density at radius 3 is 2.60 bits per heavy atom. The van der Waals surface area contributed by atoms with Crippen molar-refractivity contribution in [3.63, 3.8) is 0 Å². The second kappa shape index (κ2) is 5.48. The van der Waals surface area contributed by atoms with Gasteiger partial charge in [0.25, 0.3) is 5.91 Å². The van der Waals surface area contributed by atoms with Gasteiger partial charge in [-0.2, -0.15) is 0 Å². The SMILES string of the molecule is CC1(NC(=O)c2cccc([N+](=O)[O-])c2O)CCCCC1. The Hall–Kier alpha value is -2.11. The van der Waals surface area contributed by atoms with Crippen molar-refractivity contribution >= 4 is 11.6 Å². The number of carbonyl (C=O) groups excluding carboxylic acids is 1. The molecule has 0 aromatic heterocycles. The molecule has 0 aliphatic heterocycles. The van der Waals surface area contributed by atoms with E-state index in [1.807, 2.05) is 6.92 Å². The van der Waals surface area contributed by atoms with E-state index < -0.39 is 22.3 Å². The molecule has 6 heteroatoms. The largest absolute Gasteiger partial charge is 0.502 e. The molecule has 1 amide bonds. The number of hydrogen-bond acceptors (Lipinski definition) is 4. The van der Waals surface area contributed by atoms with Crippen LogP contribution in [0.25, 0.3) is 0 Å². The fourth-order valence-electron chi connectivity index (χ4n) is 2.66. The van der Waals surface area contributed by atoms with E-state index in [9.17, 15) is 20.0 Å². The quantitative estimate of drug-likeness (QED) is 0.656. The van der Waals surface area contributed by atoms with Gasteiger partial charge >= 0.3 is 5.69 Å². The summed E-state index contributed by atoms with van der Waals surface area (Å²) in [5.41, 5.74) is -0.802. The molecule has 0 bridgehead atoms. The third-order valence-electron chi connectivity index (χ3n) is 3.83. The lowest BCUT2D eigenvalue weighted by molar-refractivity contribution is -0.385. The van der Waals surface area contributed by atoms with Crippen LogP contribution in [0.5, 0.6) is 5.75 Å². The highest BCUT2D eigenvalue weighted by atomic mass is 16.6. The molecule has 0 atom stereocenters. The molecular formula is C14H18N2O4. The molecule has 108 valence electrons. The van der Waals surface area contributed by atoms with Crippen LogP contribution in [0, 0.1) is 10.1 Å². The lowest BCUT2D eigenvalue weighted by Crippen LogP contribution is -2.47. The molecule has 0 spiro atoms. The first-order valence-corrected chi connectivity index (χ1v) is 6.72. The van der Waals surface area contributed by atoms with Crippen LogP contribution >= 0.6 is 0 Å². The van der Waals surface area contributed by atoms with Gasteiger partial charge in [-0.1, -0.05) is 25.3 Å². The monoisotopic (exact) mass is 278 g/mol. The van der Waals surface area contributed by atoms with Crippen molar-refractivity contribution in [2.24, 2.45) is 0 Å². The summed E-state index contributed by atoms with van der Waals surface area (Å²) in [5.74, 6) is -1.04. The van der Waals surface area contributed by atoms with Gasteiger partial charge in [0.15, 0.2) is 0 Å². The number of nitro benzene ring substituents is 1. The van der Waals surface area contributed by atoms with Crippen molar-refractivity contribution in [2.45, 2.75) is 44.6 Å². The maximum atomic E-state index is 12.2. The third-order valence-corrected chi connectivity index (χ3v) is 3.83. The van der Waals surface area contributed by atoms with Gasteiger partial charge in [0.1, 0.15) is 0 Å². The molecule has 0 heterocycles.